The van der Waals surface area contributed by atoms with Gasteiger partial charge in [-0.25, -0.2) is 0 Å². The van der Waals surface area contributed by atoms with Crippen molar-refractivity contribution < 1.29 is 14.3 Å². The minimum absolute atomic E-state index is 0.0226. The molecule has 1 aliphatic heterocycles. The zero-order chi connectivity index (χ0) is 22.1. The van der Waals surface area contributed by atoms with E-state index in [0.29, 0.717) is 31.9 Å². The van der Waals surface area contributed by atoms with Gasteiger partial charge in [-0.1, -0.05) is 44.0 Å². The maximum atomic E-state index is 13.0. The Morgan fingerprint density at radius 3 is 2.71 bits per heavy atom. The van der Waals surface area contributed by atoms with Crippen molar-refractivity contribution in [2.75, 3.05) is 31.6 Å². The van der Waals surface area contributed by atoms with Gasteiger partial charge in [0.05, 0.1) is 0 Å². The minimum atomic E-state index is -0.270. The lowest BCUT2D eigenvalue weighted by molar-refractivity contribution is 0.0708. The van der Waals surface area contributed by atoms with Crippen LogP contribution in [-0.2, 0) is 4.74 Å². The topological polar surface area (TPSA) is 70.7 Å². The molecule has 0 saturated heterocycles. The van der Waals surface area contributed by atoms with Crippen molar-refractivity contribution in [2.24, 2.45) is 0 Å². The number of nitrogens with zero attached hydrogens (tertiary/aromatic N) is 1. The molecule has 166 valence electrons. The predicted molar refractivity (Wildman–Crippen MR) is 123 cm³/mol. The molecule has 6 nitrogen and oxygen atoms in total. The number of nitrogens with one attached hydrogen (secondary N) is 2. The van der Waals surface area contributed by atoms with Crippen LogP contribution >= 0.6 is 0 Å². The van der Waals surface area contributed by atoms with Crippen LogP contribution < -0.4 is 10.6 Å². The third-order valence-corrected chi connectivity index (χ3v) is 5.44. The molecule has 0 spiro atoms. The number of rotatable bonds is 12. The van der Waals surface area contributed by atoms with Crippen LogP contribution in [0.25, 0.3) is 0 Å². The highest BCUT2D eigenvalue weighted by Gasteiger charge is 2.36. The van der Waals surface area contributed by atoms with Gasteiger partial charge < -0.3 is 20.3 Å². The molecule has 2 amide bonds. The molecule has 0 fully saturated rings. The van der Waals surface area contributed by atoms with Gasteiger partial charge in [-0.2, -0.15) is 0 Å². The third-order valence-electron chi connectivity index (χ3n) is 5.44. The Morgan fingerprint density at radius 2 is 1.90 bits per heavy atom. The summed E-state index contributed by atoms with van der Waals surface area (Å²) in [6.07, 6.45) is 3.71. The molecule has 2 N–H and O–H groups in total. The van der Waals surface area contributed by atoms with Gasteiger partial charge >= 0.3 is 0 Å². The molecule has 1 aliphatic rings. The first kappa shape index (κ1) is 22.8. The first-order valence-electron chi connectivity index (χ1n) is 11.3. The Balaban J connectivity index is 1.72. The second kappa shape index (κ2) is 11.5. The number of anilines is 1. The van der Waals surface area contributed by atoms with Crippen LogP contribution in [0.4, 0.5) is 5.69 Å². The Kier molecular flexibility index (Phi) is 8.47. The summed E-state index contributed by atoms with van der Waals surface area (Å²) in [5.41, 5.74) is 3.10. The SMILES string of the molecule is CCCCCNC(=O)c1cccc(NC2c3ccccc3C(=O)N2CCCOCC)c1. The monoisotopic (exact) mass is 423 g/mol. The zero-order valence-electron chi connectivity index (χ0n) is 18.5. The fourth-order valence-corrected chi connectivity index (χ4v) is 3.82. The average Bonchev–Trinajstić information content (AvgIpc) is 3.05. The summed E-state index contributed by atoms with van der Waals surface area (Å²) in [6.45, 7) is 6.68. The lowest BCUT2D eigenvalue weighted by Crippen LogP contribution is -2.33. The molecule has 1 unspecified atom stereocenters. The molecule has 0 aromatic heterocycles. The standard InChI is InChI=1S/C25H33N3O3/c1-3-5-8-15-26-24(29)19-11-9-12-20(18-19)27-23-21-13-6-7-14-22(21)25(30)28(23)16-10-17-31-4-2/h6-7,9,11-14,18,23,27H,3-5,8,10,15-17H2,1-2H3,(H,26,29). The number of fused-ring (bicyclic) bond motifs is 1. The molecule has 2 aromatic rings. The highest BCUT2D eigenvalue weighted by molar-refractivity contribution is 5.99. The number of unbranched alkanes of at least 4 members (excludes halogenated alkanes) is 2. The van der Waals surface area contributed by atoms with Crippen molar-refractivity contribution >= 4 is 17.5 Å². The smallest absolute Gasteiger partial charge is 0.256 e. The van der Waals surface area contributed by atoms with E-state index >= 15 is 0 Å². The minimum Gasteiger partial charge on any atom is -0.382 e. The summed E-state index contributed by atoms with van der Waals surface area (Å²) in [5.74, 6) is -0.0503. The molecule has 3 rings (SSSR count). The van der Waals surface area contributed by atoms with Crippen molar-refractivity contribution in [3.8, 4) is 0 Å². The van der Waals surface area contributed by atoms with Crippen LogP contribution in [0.3, 0.4) is 0 Å². The molecule has 1 heterocycles. The van der Waals surface area contributed by atoms with Crippen LogP contribution in [0.5, 0.6) is 0 Å². The van der Waals surface area contributed by atoms with E-state index in [4.69, 9.17) is 4.74 Å². The first-order valence-corrected chi connectivity index (χ1v) is 11.3. The summed E-state index contributed by atoms with van der Waals surface area (Å²) in [5, 5.41) is 6.46. The number of ether oxygens (including phenoxy) is 1. The molecular formula is C25H33N3O3. The van der Waals surface area contributed by atoms with Gasteiger partial charge in [0, 0.05) is 48.7 Å². The number of carbonyl (C=O) groups is 2. The molecule has 0 radical (unpaired) electrons. The largest absolute Gasteiger partial charge is 0.382 e. The van der Waals surface area contributed by atoms with Crippen LogP contribution in [0.2, 0.25) is 0 Å². The zero-order valence-corrected chi connectivity index (χ0v) is 18.5. The van der Waals surface area contributed by atoms with Crippen molar-refractivity contribution in [3.63, 3.8) is 0 Å². The van der Waals surface area contributed by atoms with E-state index < -0.39 is 0 Å². The Bertz CT molecular complexity index is 884. The summed E-state index contributed by atoms with van der Waals surface area (Å²) in [4.78, 5) is 27.3. The van der Waals surface area contributed by atoms with Gasteiger partial charge in [-0.15, -0.1) is 0 Å². The Labute approximate surface area is 185 Å². The van der Waals surface area contributed by atoms with Gasteiger partial charge in [0.2, 0.25) is 0 Å². The van der Waals surface area contributed by atoms with Crippen LogP contribution in [0.1, 0.15) is 72.0 Å². The van der Waals surface area contributed by atoms with Crippen molar-refractivity contribution in [1.82, 2.24) is 10.2 Å². The molecule has 0 bridgehead atoms. The summed E-state index contributed by atoms with van der Waals surface area (Å²) in [6, 6.07) is 15.1. The van der Waals surface area contributed by atoms with E-state index in [0.717, 1.165) is 42.5 Å². The number of hydrogen-bond acceptors (Lipinski definition) is 4. The lowest BCUT2D eigenvalue weighted by Gasteiger charge is -2.27. The quantitative estimate of drug-likeness (QED) is 0.490. The molecule has 0 aliphatic carbocycles. The number of hydrogen-bond donors (Lipinski definition) is 2. The van der Waals surface area contributed by atoms with E-state index in [-0.39, 0.29) is 18.0 Å². The molecule has 31 heavy (non-hydrogen) atoms. The fraction of sp³-hybridized carbons (Fsp3) is 0.440. The highest BCUT2D eigenvalue weighted by atomic mass is 16.5. The second-order valence-corrected chi connectivity index (χ2v) is 7.73. The van der Waals surface area contributed by atoms with E-state index in [9.17, 15) is 9.59 Å². The van der Waals surface area contributed by atoms with Gasteiger partial charge in [0.1, 0.15) is 6.17 Å². The van der Waals surface area contributed by atoms with Gasteiger partial charge in [-0.3, -0.25) is 9.59 Å². The van der Waals surface area contributed by atoms with Crippen molar-refractivity contribution in [1.29, 1.82) is 0 Å². The van der Waals surface area contributed by atoms with Gasteiger partial charge in [-0.05, 0) is 44.0 Å². The first-order chi connectivity index (χ1) is 15.2. The van der Waals surface area contributed by atoms with Crippen LogP contribution in [0.15, 0.2) is 48.5 Å². The van der Waals surface area contributed by atoms with E-state index in [1.54, 1.807) is 0 Å². The maximum absolute atomic E-state index is 13.0. The average molecular weight is 424 g/mol. The van der Waals surface area contributed by atoms with Gasteiger partial charge in [0.25, 0.3) is 11.8 Å². The van der Waals surface area contributed by atoms with Crippen molar-refractivity contribution in [2.45, 2.75) is 45.7 Å². The summed E-state index contributed by atoms with van der Waals surface area (Å²) < 4.78 is 5.45. The summed E-state index contributed by atoms with van der Waals surface area (Å²) in [7, 11) is 0. The fourth-order valence-electron chi connectivity index (χ4n) is 3.82. The third kappa shape index (κ3) is 5.85. The predicted octanol–water partition coefficient (Wildman–Crippen LogP) is 4.60. The highest BCUT2D eigenvalue weighted by Crippen LogP contribution is 2.34. The normalized spacial score (nSPS) is 15.1. The van der Waals surface area contributed by atoms with E-state index in [2.05, 4.69) is 17.6 Å². The van der Waals surface area contributed by atoms with E-state index in [1.165, 1.54) is 0 Å². The number of benzene rings is 2. The molecule has 2 aromatic carbocycles. The van der Waals surface area contributed by atoms with Crippen molar-refractivity contribution in [3.05, 3.63) is 65.2 Å². The molecular weight excluding hydrogens is 390 g/mol. The van der Waals surface area contributed by atoms with Crippen LogP contribution in [0, 0.1) is 0 Å². The Morgan fingerprint density at radius 1 is 1.06 bits per heavy atom. The maximum Gasteiger partial charge on any atom is 0.256 e. The summed E-state index contributed by atoms with van der Waals surface area (Å²) >= 11 is 0. The second-order valence-electron chi connectivity index (χ2n) is 7.73. The van der Waals surface area contributed by atoms with E-state index in [1.807, 2.05) is 60.4 Å². The lowest BCUT2D eigenvalue weighted by atomic mass is 10.1. The van der Waals surface area contributed by atoms with Crippen LogP contribution in [-0.4, -0.2) is 43.0 Å². The molecule has 0 saturated carbocycles. The molecule has 6 heteroatoms. The Hall–Kier alpha value is -2.86. The number of carbonyl (C=O) groups excluding carboxylic acids is 2. The van der Waals surface area contributed by atoms with Gasteiger partial charge in [0.15, 0.2) is 0 Å². The number of amides is 2. The molecule has 1 atom stereocenters.